The molecule has 4 nitrogen and oxygen atoms in total. The lowest BCUT2D eigenvalue weighted by Crippen LogP contribution is -2.47. The quantitative estimate of drug-likeness (QED) is 0.741. The van der Waals surface area contributed by atoms with Crippen LogP contribution in [0.15, 0.2) is 24.3 Å². The average molecular weight is 222 g/mol. The van der Waals surface area contributed by atoms with E-state index in [1.165, 1.54) is 0 Å². The molecule has 0 aliphatic carbocycles. The molecule has 1 fully saturated rings. The minimum atomic E-state index is -0.364. The van der Waals surface area contributed by atoms with Crippen molar-refractivity contribution in [1.29, 1.82) is 0 Å². The van der Waals surface area contributed by atoms with Crippen LogP contribution >= 0.6 is 0 Å². The molecule has 2 atom stereocenters. The first kappa shape index (κ1) is 11.0. The van der Waals surface area contributed by atoms with E-state index in [0.717, 1.165) is 12.0 Å². The molecule has 1 aliphatic rings. The van der Waals surface area contributed by atoms with Gasteiger partial charge in [-0.15, -0.1) is 0 Å². The van der Waals surface area contributed by atoms with Gasteiger partial charge in [-0.05, 0) is 30.5 Å². The van der Waals surface area contributed by atoms with Gasteiger partial charge in [-0.1, -0.05) is 12.1 Å². The SMILES string of the molecule is O=C1O[C@@H](CCc2cccc(O)c2)[C@@H]1CO. The van der Waals surface area contributed by atoms with Gasteiger partial charge in [-0.25, -0.2) is 0 Å². The van der Waals surface area contributed by atoms with Crippen LogP contribution in [-0.2, 0) is 16.0 Å². The second-order valence-corrected chi connectivity index (χ2v) is 3.97. The summed E-state index contributed by atoms with van der Waals surface area (Å²) in [6.07, 6.45) is 1.23. The number of hydrogen-bond acceptors (Lipinski definition) is 4. The molecule has 0 amide bonds. The van der Waals surface area contributed by atoms with Crippen molar-refractivity contribution in [2.24, 2.45) is 5.92 Å². The molecule has 4 heteroatoms. The molecule has 0 saturated carbocycles. The summed E-state index contributed by atoms with van der Waals surface area (Å²) in [5, 5.41) is 18.2. The zero-order chi connectivity index (χ0) is 11.5. The second-order valence-electron chi connectivity index (χ2n) is 3.97. The minimum absolute atomic E-state index is 0.149. The Bertz CT molecular complexity index is 388. The van der Waals surface area contributed by atoms with Gasteiger partial charge in [-0.3, -0.25) is 4.79 Å². The molecule has 1 saturated heterocycles. The van der Waals surface area contributed by atoms with E-state index in [-0.39, 0.29) is 30.3 Å². The van der Waals surface area contributed by atoms with E-state index < -0.39 is 0 Å². The van der Waals surface area contributed by atoms with Crippen molar-refractivity contribution < 1.29 is 19.7 Å². The number of aliphatic hydroxyl groups is 1. The Morgan fingerprint density at radius 3 is 2.81 bits per heavy atom. The van der Waals surface area contributed by atoms with Gasteiger partial charge in [0.15, 0.2) is 0 Å². The Kier molecular flexibility index (Phi) is 3.10. The summed E-state index contributed by atoms with van der Waals surface area (Å²) in [6, 6.07) is 6.99. The van der Waals surface area contributed by atoms with Crippen LogP contribution in [0.2, 0.25) is 0 Å². The number of cyclic esters (lactones) is 1. The highest BCUT2D eigenvalue weighted by atomic mass is 16.6. The summed E-state index contributed by atoms with van der Waals surface area (Å²) >= 11 is 0. The van der Waals surface area contributed by atoms with Crippen LogP contribution in [0.3, 0.4) is 0 Å². The van der Waals surface area contributed by atoms with Crippen LogP contribution in [0.25, 0.3) is 0 Å². The van der Waals surface area contributed by atoms with E-state index in [4.69, 9.17) is 9.84 Å². The van der Waals surface area contributed by atoms with Crippen molar-refractivity contribution in [1.82, 2.24) is 0 Å². The highest BCUT2D eigenvalue weighted by molar-refractivity contribution is 5.78. The van der Waals surface area contributed by atoms with Gasteiger partial charge in [0.1, 0.15) is 17.8 Å². The second kappa shape index (κ2) is 4.53. The summed E-state index contributed by atoms with van der Waals surface area (Å²) < 4.78 is 4.93. The number of aryl methyl sites for hydroxylation is 1. The zero-order valence-electron chi connectivity index (χ0n) is 8.80. The normalized spacial score (nSPS) is 23.7. The molecule has 16 heavy (non-hydrogen) atoms. The molecular weight excluding hydrogens is 208 g/mol. The third-order valence-corrected chi connectivity index (χ3v) is 2.84. The highest BCUT2D eigenvalue weighted by Gasteiger charge is 2.41. The number of rotatable bonds is 4. The third kappa shape index (κ3) is 2.17. The summed E-state index contributed by atoms with van der Waals surface area (Å²) in [6.45, 7) is -0.149. The van der Waals surface area contributed by atoms with Gasteiger partial charge >= 0.3 is 5.97 Å². The molecule has 0 unspecified atom stereocenters. The predicted molar refractivity (Wildman–Crippen MR) is 56.9 cm³/mol. The van der Waals surface area contributed by atoms with Crippen molar-refractivity contribution in [2.45, 2.75) is 18.9 Å². The molecule has 2 rings (SSSR count). The Balaban J connectivity index is 1.86. The van der Waals surface area contributed by atoms with E-state index in [2.05, 4.69) is 0 Å². The van der Waals surface area contributed by atoms with Crippen LogP contribution in [0.4, 0.5) is 0 Å². The smallest absolute Gasteiger partial charge is 0.315 e. The Hall–Kier alpha value is -1.55. The molecule has 1 aliphatic heterocycles. The number of carbonyl (C=O) groups excluding carboxylic acids is 1. The van der Waals surface area contributed by atoms with Crippen molar-refractivity contribution >= 4 is 5.97 Å². The van der Waals surface area contributed by atoms with Crippen molar-refractivity contribution in [3.8, 4) is 5.75 Å². The van der Waals surface area contributed by atoms with E-state index in [9.17, 15) is 9.90 Å². The van der Waals surface area contributed by atoms with Gasteiger partial charge < -0.3 is 14.9 Å². The lowest BCUT2D eigenvalue weighted by Gasteiger charge is -2.33. The van der Waals surface area contributed by atoms with Crippen LogP contribution in [-0.4, -0.2) is 28.9 Å². The molecule has 1 aromatic carbocycles. The van der Waals surface area contributed by atoms with E-state index in [1.807, 2.05) is 6.07 Å². The van der Waals surface area contributed by atoms with Gasteiger partial charge in [0.05, 0.1) is 6.61 Å². The Morgan fingerprint density at radius 2 is 2.19 bits per heavy atom. The topological polar surface area (TPSA) is 66.8 Å². The number of ether oxygens (including phenoxy) is 1. The van der Waals surface area contributed by atoms with Gasteiger partial charge in [0.25, 0.3) is 0 Å². The molecular formula is C12H14O4. The summed E-state index contributed by atoms with van der Waals surface area (Å²) in [5.74, 6) is -0.442. The fraction of sp³-hybridized carbons (Fsp3) is 0.417. The number of hydrogen-bond donors (Lipinski definition) is 2. The first-order chi connectivity index (χ1) is 7.70. The van der Waals surface area contributed by atoms with Crippen molar-refractivity contribution in [2.75, 3.05) is 6.61 Å². The maximum absolute atomic E-state index is 10.9. The Labute approximate surface area is 93.5 Å². The van der Waals surface area contributed by atoms with Crippen LogP contribution in [0.5, 0.6) is 5.75 Å². The fourth-order valence-electron chi connectivity index (χ4n) is 1.87. The largest absolute Gasteiger partial charge is 0.508 e. The number of aliphatic hydroxyl groups excluding tert-OH is 1. The van der Waals surface area contributed by atoms with Gasteiger partial charge in [0, 0.05) is 0 Å². The Morgan fingerprint density at radius 1 is 1.38 bits per heavy atom. The van der Waals surface area contributed by atoms with E-state index >= 15 is 0 Å². The monoisotopic (exact) mass is 222 g/mol. The standard InChI is InChI=1S/C12H14O4/c13-7-10-11(16-12(10)15)5-4-8-2-1-3-9(14)6-8/h1-3,6,10-11,13-14H,4-5,7H2/t10-,11-/m0/s1. The number of phenolic OH excluding ortho intramolecular Hbond substituents is 1. The maximum Gasteiger partial charge on any atom is 0.315 e. The summed E-state index contributed by atoms with van der Waals surface area (Å²) in [7, 11) is 0. The minimum Gasteiger partial charge on any atom is -0.508 e. The van der Waals surface area contributed by atoms with Gasteiger partial charge in [0.2, 0.25) is 0 Å². The van der Waals surface area contributed by atoms with E-state index in [1.54, 1.807) is 18.2 Å². The number of phenols is 1. The lowest BCUT2D eigenvalue weighted by atomic mass is 9.92. The predicted octanol–water partition coefficient (Wildman–Crippen LogP) is 0.859. The van der Waals surface area contributed by atoms with Crippen LogP contribution in [0.1, 0.15) is 12.0 Å². The molecule has 0 radical (unpaired) electrons. The van der Waals surface area contributed by atoms with Crippen molar-refractivity contribution in [3.05, 3.63) is 29.8 Å². The number of benzene rings is 1. The van der Waals surface area contributed by atoms with Crippen LogP contribution < -0.4 is 0 Å². The first-order valence-corrected chi connectivity index (χ1v) is 5.30. The third-order valence-electron chi connectivity index (χ3n) is 2.84. The molecule has 1 aromatic rings. The first-order valence-electron chi connectivity index (χ1n) is 5.30. The molecule has 0 aromatic heterocycles. The number of esters is 1. The van der Waals surface area contributed by atoms with Crippen LogP contribution in [0, 0.1) is 5.92 Å². The highest BCUT2D eigenvalue weighted by Crippen LogP contribution is 2.26. The number of aromatic hydroxyl groups is 1. The fourth-order valence-corrected chi connectivity index (χ4v) is 1.87. The maximum atomic E-state index is 10.9. The molecule has 2 N–H and O–H groups in total. The molecule has 86 valence electrons. The van der Waals surface area contributed by atoms with E-state index in [0.29, 0.717) is 6.42 Å². The summed E-state index contributed by atoms with van der Waals surface area (Å²) in [4.78, 5) is 10.9. The number of carbonyl (C=O) groups is 1. The average Bonchev–Trinajstić information content (AvgIpc) is 2.24. The molecule has 1 heterocycles. The van der Waals surface area contributed by atoms with Crippen molar-refractivity contribution in [3.63, 3.8) is 0 Å². The molecule has 0 spiro atoms. The molecule has 0 bridgehead atoms. The summed E-state index contributed by atoms with van der Waals surface area (Å²) in [5.41, 5.74) is 1.000. The van der Waals surface area contributed by atoms with Gasteiger partial charge in [-0.2, -0.15) is 0 Å². The zero-order valence-corrected chi connectivity index (χ0v) is 8.80. The lowest BCUT2D eigenvalue weighted by molar-refractivity contribution is -0.188.